The zero-order valence-corrected chi connectivity index (χ0v) is 14.6. The fraction of sp³-hybridized carbons (Fsp3) is 0.333. The second-order valence-corrected chi connectivity index (χ2v) is 6.17. The van der Waals surface area contributed by atoms with Crippen molar-refractivity contribution in [1.29, 1.82) is 0 Å². The quantitative estimate of drug-likeness (QED) is 0.718. The van der Waals surface area contributed by atoms with Crippen molar-refractivity contribution in [3.05, 3.63) is 42.4 Å². The summed E-state index contributed by atoms with van der Waals surface area (Å²) >= 11 is 0. The first kappa shape index (κ1) is 17.7. The molecule has 2 atom stereocenters. The lowest BCUT2D eigenvalue weighted by Crippen LogP contribution is -2.27. The van der Waals surface area contributed by atoms with Gasteiger partial charge >= 0.3 is 6.09 Å². The third kappa shape index (κ3) is 3.58. The van der Waals surface area contributed by atoms with Gasteiger partial charge in [-0.25, -0.2) is 4.79 Å². The highest BCUT2D eigenvalue weighted by Crippen LogP contribution is 2.30. The molecule has 136 valence electrons. The maximum Gasteiger partial charge on any atom is 0.405 e. The van der Waals surface area contributed by atoms with Crippen LogP contribution in [-0.4, -0.2) is 31.9 Å². The number of nitrogens with zero attached hydrogens (tertiary/aromatic N) is 3. The number of amides is 2. The second-order valence-electron chi connectivity index (χ2n) is 6.17. The number of carboxylic acid groups (broad SMARTS) is 1. The molecule has 2 aromatic rings. The first-order chi connectivity index (χ1) is 12.5. The van der Waals surface area contributed by atoms with E-state index in [2.05, 4.69) is 20.7 Å². The van der Waals surface area contributed by atoms with Crippen LogP contribution in [0.25, 0.3) is 11.3 Å². The number of aromatic nitrogens is 3. The summed E-state index contributed by atoms with van der Waals surface area (Å²) in [5, 5.41) is 18.9. The highest BCUT2D eigenvalue weighted by Gasteiger charge is 2.21. The Morgan fingerprint density at radius 1 is 1.50 bits per heavy atom. The lowest BCUT2D eigenvalue weighted by Gasteiger charge is -2.18. The van der Waals surface area contributed by atoms with Crippen LogP contribution < -0.4 is 10.6 Å². The van der Waals surface area contributed by atoms with E-state index in [9.17, 15) is 9.59 Å². The number of rotatable bonds is 2. The predicted octanol–water partition coefficient (Wildman–Crippen LogP) is 2.72. The molecular weight excluding hydrogens is 334 g/mol. The van der Waals surface area contributed by atoms with Crippen molar-refractivity contribution in [3.8, 4) is 11.3 Å². The smallest absolute Gasteiger partial charge is 0.405 e. The highest BCUT2D eigenvalue weighted by molar-refractivity contribution is 5.96. The Balaban J connectivity index is 2.13. The van der Waals surface area contributed by atoms with E-state index in [-0.39, 0.29) is 11.8 Å². The number of pyridine rings is 1. The van der Waals surface area contributed by atoms with Gasteiger partial charge in [-0.15, -0.1) is 0 Å². The molecule has 2 bridgehead atoms. The molecule has 0 aromatic carbocycles. The number of hydrogen-bond acceptors (Lipinski definition) is 4. The average molecular weight is 355 g/mol. The van der Waals surface area contributed by atoms with Gasteiger partial charge in [0.2, 0.25) is 5.91 Å². The summed E-state index contributed by atoms with van der Waals surface area (Å²) in [4.78, 5) is 28.1. The van der Waals surface area contributed by atoms with E-state index in [0.29, 0.717) is 24.2 Å². The van der Waals surface area contributed by atoms with Crippen molar-refractivity contribution in [2.24, 2.45) is 13.0 Å². The summed E-state index contributed by atoms with van der Waals surface area (Å²) in [5.41, 5.74) is 2.78. The van der Waals surface area contributed by atoms with Crippen molar-refractivity contribution < 1.29 is 14.7 Å². The van der Waals surface area contributed by atoms with Gasteiger partial charge in [-0.2, -0.15) is 5.10 Å². The van der Waals surface area contributed by atoms with E-state index >= 15 is 0 Å². The largest absolute Gasteiger partial charge is 0.465 e. The van der Waals surface area contributed by atoms with Crippen LogP contribution >= 0.6 is 0 Å². The standard InChI is InChI=1S/C18H21N5O3/c1-3-11-5-4-6-13(22-18(25)26)14-9-12(7-8-19-14)16-15(21-17(11)24)10-20-23(16)2/h4-5,7-11,13,22H,3,6H2,1-2H3,(H,21,24)(H,25,26)/b5-4+/t11-,13+/m1/s1. The number of anilines is 1. The summed E-state index contributed by atoms with van der Waals surface area (Å²) in [6.45, 7) is 1.93. The molecule has 1 aliphatic heterocycles. The summed E-state index contributed by atoms with van der Waals surface area (Å²) < 4.78 is 1.68. The van der Waals surface area contributed by atoms with Crippen LogP contribution in [0, 0.1) is 5.92 Å². The van der Waals surface area contributed by atoms with Gasteiger partial charge in [0, 0.05) is 18.8 Å². The molecule has 0 saturated carbocycles. The molecule has 0 fully saturated rings. The number of carbonyl (C=O) groups excluding carboxylic acids is 1. The van der Waals surface area contributed by atoms with Crippen molar-refractivity contribution >= 4 is 17.7 Å². The Morgan fingerprint density at radius 3 is 3.04 bits per heavy atom. The molecule has 8 nitrogen and oxygen atoms in total. The van der Waals surface area contributed by atoms with Crippen LogP contribution in [0.3, 0.4) is 0 Å². The van der Waals surface area contributed by atoms with Gasteiger partial charge in [-0.3, -0.25) is 14.5 Å². The molecule has 0 radical (unpaired) electrons. The molecule has 2 aromatic heterocycles. The Bertz CT molecular complexity index is 858. The summed E-state index contributed by atoms with van der Waals surface area (Å²) in [6.07, 6.45) is 6.81. The molecule has 3 heterocycles. The zero-order valence-electron chi connectivity index (χ0n) is 14.6. The van der Waals surface area contributed by atoms with E-state index in [4.69, 9.17) is 5.11 Å². The monoisotopic (exact) mass is 355 g/mol. The highest BCUT2D eigenvalue weighted by atomic mass is 16.4. The van der Waals surface area contributed by atoms with Crippen LogP contribution in [0.1, 0.15) is 31.5 Å². The molecule has 26 heavy (non-hydrogen) atoms. The van der Waals surface area contributed by atoms with Crippen molar-refractivity contribution in [3.63, 3.8) is 0 Å². The van der Waals surface area contributed by atoms with Crippen molar-refractivity contribution in [2.75, 3.05) is 5.32 Å². The molecular formula is C18H21N5O3. The normalized spacial score (nSPS) is 20.9. The predicted molar refractivity (Wildman–Crippen MR) is 96.5 cm³/mol. The molecule has 2 amide bonds. The van der Waals surface area contributed by atoms with E-state index in [1.54, 1.807) is 24.1 Å². The maximum absolute atomic E-state index is 12.6. The van der Waals surface area contributed by atoms with Crippen LogP contribution in [-0.2, 0) is 11.8 Å². The van der Waals surface area contributed by atoms with E-state index in [1.807, 2.05) is 31.2 Å². The first-order valence-electron chi connectivity index (χ1n) is 8.45. The molecule has 1 aliphatic rings. The van der Waals surface area contributed by atoms with Gasteiger partial charge in [0.1, 0.15) is 0 Å². The van der Waals surface area contributed by atoms with Gasteiger partial charge in [0.25, 0.3) is 0 Å². The fourth-order valence-electron chi connectivity index (χ4n) is 3.07. The van der Waals surface area contributed by atoms with E-state index in [0.717, 1.165) is 11.3 Å². The zero-order chi connectivity index (χ0) is 18.7. The summed E-state index contributed by atoms with van der Waals surface area (Å²) in [5.74, 6) is -0.421. The third-order valence-electron chi connectivity index (χ3n) is 4.42. The Hall–Kier alpha value is -3.16. The molecule has 0 aliphatic carbocycles. The Morgan fingerprint density at radius 2 is 2.31 bits per heavy atom. The minimum Gasteiger partial charge on any atom is -0.465 e. The topological polar surface area (TPSA) is 109 Å². The SMILES string of the molecule is CC[C@@H]1/C=C/C[C@H](NC(=O)O)c2cc(ccn2)-c2c(cnn2C)NC1=O. The van der Waals surface area contributed by atoms with Crippen molar-refractivity contribution in [2.45, 2.75) is 25.8 Å². The Labute approximate surface area is 150 Å². The Kier molecular flexibility index (Phi) is 5.01. The molecule has 8 heteroatoms. The van der Waals surface area contributed by atoms with Crippen molar-refractivity contribution in [1.82, 2.24) is 20.1 Å². The summed E-state index contributed by atoms with van der Waals surface area (Å²) in [6, 6.07) is 3.13. The molecule has 3 N–H and O–H groups in total. The van der Waals surface area contributed by atoms with E-state index in [1.165, 1.54) is 0 Å². The number of hydrogen-bond donors (Lipinski definition) is 3. The first-order valence-corrected chi connectivity index (χ1v) is 8.45. The lowest BCUT2D eigenvalue weighted by atomic mass is 10.00. The van der Waals surface area contributed by atoms with Gasteiger partial charge in [-0.1, -0.05) is 19.1 Å². The van der Waals surface area contributed by atoms with Gasteiger partial charge in [0.05, 0.1) is 35.2 Å². The lowest BCUT2D eigenvalue weighted by molar-refractivity contribution is -0.118. The molecule has 0 spiro atoms. The maximum atomic E-state index is 12.6. The van der Waals surface area contributed by atoms with Crippen LogP contribution in [0.4, 0.5) is 10.5 Å². The fourth-order valence-corrected chi connectivity index (χ4v) is 3.07. The number of carbonyl (C=O) groups is 2. The molecule has 0 saturated heterocycles. The minimum absolute atomic E-state index is 0.115. The van der Waals surface area contributed by atoms with Gasteiger partial charge in [-0.05, 0) is 25.0 Å². The van der Waals surface area contributed by atoms with E-state index < -0.39 is 12.1 Å². The molecule has 0 unspecified atom stereocenters. The van der Waals surface area contributed by atoms with Gasteiger partial charge < -0.3 is 15.7 Å². The van der Waals surface area contributed by atoms with Crippen LogP contribution in [0.5, 0.6) is 0 Å². The van der Waals surface area contributed by atoms with Gasteiger partial charge in [0.15, 0.2) is 0 Å². The number of aryl methyl sites for hydroxylation is 1. The molecule has 3 rings (SSSR count). The third-order valence-corrected chi connectivity index (χ3v) is 4.42. The number of nitrogens with one attached hydrogen (secondary N) is 2. The van der Waals surface area contributed by atoms with Crippen LogP contribution in [0.15, 0.2) is 36.7 Å². The number of fused-ring (bicyclic) bond motifs is 4. The summed E-state index contributed by atoms with van der Waals surface area (Å²) in [7, 11) is 1.79. The average Bonchev–Trinajstić information content (AvgIpc) is 2.96. The van der Waals surface area contributed by atoms with Crippen LogP contribution in [0.2, 0.25) is 0 Å². The minimum atomic E-state index is -1.12. The second kappa shape index (κ2) is 7.38.